The van der Waals surface area contributed by atoms with Gasteiger partial charge in [0.05, 0.1) is 0 Å². The molecule has 0 amide bonds. The molecule has 0 spiro atoms. The standard InChI is InChI=1S/C2N2O.Ag/c3-1-5-2-4;. The van der Waals surface area contributed by atoms with E-state index in [-0.39, 0.29) is 22.4 Å². The Kier molecular flexibility index (Phi) is 13.4. The Labute approximate surface area is 50.6 Å². The Morgan fingerprint density at radius 3 is 1.50 bits per heavy atom. The number of hydrogen-bond acceptors (Lipinski definition) is 3. The van der Waals surface area contributed by atoms with Crippen LogP contribution in [-0.4, -0.2) is 0 Å². The first-order valence-electron chi connectivity index (χ1n) is 0.855. The van der Waals surface area contributed by atoms with E-state index < -0.39 is 0 Å². The van der Waals surface area contributed by atoms with Crippen LogP contribution in [0.4, 0.5) is 0 Å². The van der Waals surface area contributed by atoms with Crippen LogP contribution in [0.3, 0.4) is 0 Å². The summed E-state index contributed by atoms with van der Waals surface area (Å²) in [5.41, 5.74) is 0. The summed E-state index contributed by atoms with van der Waals surface area (Å²) in [5, 5.41) is 14.7. The van der Waals surface area contributed by atoms with Crippen molar-refractivity contribution in [2.24, 2.45) is 0 Å². The summed E-state index contributed by atoms with van der Waals surface area (Å²) in [7, 11) is 0. The van der Waals surface area contributed by atoms with Crippen LogP contribution in [0.2, 0.25) is 0 Å². The van der Waals surface area contributed by atoms with Gasteiger partial charge in [-0.3, -0.25) is 0 Å². The smallest absolute Gasteiger partial charge is 0.303 e. The molecule has 0 rings (SSSR count). The topological polar surface area (TPSA) is 56.8 Å². The van der Waals surface area contributed by atoms with E-state index in [0.29, 0.717) is 0 Å². The van der Waals surface area contributed by atoms with Gasteiger partial charge in [-0.2, -0.15) is 0 Å². The van der Waals surface area contributed by atoms with E-state index in [4.69, 9.17) is 10.5 Å². The van der Waals surface area contributed by atoms with E-state index in [2.05, 4.69) is 4.74 Å². The molecule has 0 unspecified atom stereocenters. The molecule has 0 fully saturated rings. The van der Waals surface area contributed by atoms with E-state index >= 15 is 0 Å². The maximum atomic E-state index is 7.37. The van der Waals surface area contributed by atoms with Crippen LogP contribution in [0.25, 0.3) is 0 Å². The van der Waals surface area contributed by atoms with E-state index in [9.17, 15) is 0 Å². The van der Waals surface area contributed by atoms with Crippen LogP contribution in [0.5, 0.6) is 0 Å². The van der Waals surface area contributed by atoms with E-state index in [1.807, 2.05) is 0 Å². The molecule has 0 saturated heterocycles. The summed E-state index contributed by atoms with van der Waals surface area (Å²) in [6, 6.07) is 0. The monoisotopic (exact) mass is 175 g/mol. The minimum Gasteiger partial charge on any atom is -0.308 e. The molecule has 0 heterocycles. The molecule has 6 heavy (non-hydrogen) atoms. The van der Waals surface area contributed by atoms with Crippen LogP contribution in [0.1, 0.15) is 0 Å². The Bertz CT molecular complexity index is 76.7. The van der Waals surface area contributed by atoms with Crippen molar-refractivity contribution in [2.45, 2.75) is 0 Å². The number of rotatable bonds is 0. The van der Waals surface area contributed by atoms with Crippen molar-refractivity contribution in [1.29, 1.82) is 10.5 Å². The Hall–Kier alpha value is -0.480. The second kappa shape index (κ2) is 8.82. The molecule has 0 aliphatic carbocycles. The molecule has 3 nitrogen and oxygen atoms in total. The largest absolute Gasteiger partial charge is 0.308 e. The first kappa shape index (κ1) is 9.10. The number of nitrogens with zero attached hydrogens (tertiary/aromatic N) is 2. The third-order valence-corrected chi connectivity index (χ3v) is 0.0913. The van der Waals surface area contributed by atoms with Gasteiger partial charge in [-0.25, -0.2) is 0 Å². The van der Waals surface area contributed by atoms with Crippen molar-refractivity contribution in [3.63, 3.8) is 0 Å². The van der Waals surface area contributed by atoms with Crippen molar-refractivity contribution >= 4 is 0 Å². The Balaban J connectivity index is 0. The van der Waals surface area contributed by atoms with Gasteiger partial charge in [0, 0.05) is 22.4 Å². The predicted molar refractivity (Wildman–Crippen MR) is 12.3 cm³/mol. The van der Waals surface area contributed by atoms with Crippen molar-refractivity contribution in [1.82, 2.24) is 0 Å². The fourth-order valence-electron chi connectivity index (χ4n) is 0.0204. The molecule has 0 saturated carbocycles. The van der Waals surface area contributed by atoms with E-state index in [1.165, 1.54) is 0 Å². The third-order valence-electron chi connectivity index (χ3n) is 0.0913. The quantitative estimate of drug-likeness (QED) is 0.384. The number of hydrogen-bond donors (Lipinski definition) is 0. The van der Waals surface area contributed by atoms with Gasteiger partial charge in [-0.15, -0.1) is 10.5 Å². The average molecular weight is 176 g/mol. The summed E-state index contributed by atoms with van der Waals surface area (Å²) in [5.74, 6) is 0. The maximum absolute atomic E-state index is 7.37. The van der Waals surface area contributed by atoms with Crippen LogP contribution in [-0.2, 0) is 27.1 Å². The number of ether oxygens (including phenoxy) is 1. The molecule has 0 aromatic rings. The fraction of sp³-hybridized carbons (Fsp3) is 0. The SMILES string of the molecule is N#COC#N.[Ag]. The summed E-state index contributed by atoms with van der Waals surface area (Å²) in [6.45, 7) is 0. The minimum absolute atomic E-state index is 0. The Morgan fingerprint density at radius 2 is 1.50 bits per heavy atom. The Morgan fingerprint density at radius 1 is 1.17 bits per heavy atom. The first-order valence-corrected chi connectivity index (χ1v) is 0.855. The number of nitriles is 2. The van der Waals surface area contributed by atoms with Gasteiger partial charge in [0.15, 0.2) is 0 Å². The average Bonchev–Trinajstić information content (AvgIpc) is 1.41. The molecular formula is C2AgN2O. The van der Waals surface area contributed by atoms with E-state index in [0.717, 1.165) is 12.5 Å². The second-order valence-electron chi connectivity index (χ2n) is 0.285. The van der Waals surface area contributed by atoms with Crippen LogP contribution in [0.15, 0.2) is 0 Å². The maximum Gasteiger partial charge on any atom is 0.303 e. The molecule has 0 atom stereocenters. The normalized spacial score (nSPS) is 3.00. The van der Waals surface area contributed by atoms with E-state index in [1.54, 1.807) is 0 Å². The summed E-state index contributed by atoms with van der Waals surface area (Å²) in [6.07, 6.45) is 2.31. The fourth-order valence-corrected chi connectivity index (χ4v) is 0.0204. The third kappa shape index (κ3) is 9.67. The van der Waals surface area contributed by atoms with Crippen LogP contribution >= 0.6 is 0 Å². The van der Waals surface area contributed by atoms with Gasteiger partial charge in [-0.1, -0.05) is 0 Å². The van der Waals surface area contributed by atoms with Gasteiger partial charge in [-0.05, 0) is 0 Å². The van der Waals surface area contributed by atoms with Gasteiger partial charge in [0.25, 0.3) is 0 Å². The molecule has 4 heteroatoms. The summed E-state index contributed by atoms with van der Waals surface area (Å²) >= 11 is 0. The van der Waals surface area contributed by atoms with Crippen LogP contribution < -0.4 is 0 Å². The second-order valence-corrected chi connectivity index (χ2v) is 0.285. The molecular weight excluding hydrogens is 176 g/mol. The van der Waals surface area contributed by atoms with Gasteiger partial charge < -0.3 is 4.74 Å². The molecule has 0 aromatic heterocycles. The van der Waals surface area contributed by atoms with Crippen molar-refractivity contribution in [2.75, 3.05) is 0 Å². The van der Waals surface area contributed by atoms with Crippen molar-refractivity contribution < 1.29 is 27.1 Å². The molecule has 0 N–H and O–H groups in total. The zero-order valence-corrected chi connectivity index (χ0v) is 4.09. The zero-order valence-electron chi connectivity index (χ0n) is 2.60. The van der Waals surface area contributed by atoms with Crippen molar-refractivity contribution in [3.05, 3.63) is 0 Å². The minimum atomic E-state index is 0. The van der Waals surface area contributed by atoms with Crippen LogP contribution in [0, 0.1) is 23.0 Å². The molecule has 0 aliphatic heterocycles. The molecule has 1 radical (unpaired) electrons. The molecule has 0 aromatic carbocycles. The van der Waals surface area contributed by atoms with Gasteiger partial charge in [0.1, 0.15) is 0 Å². The summed E-state index contributed by atoms with van der Waals surface area (Å²) in [4.78, 5) is 0. The van der Waals surface area contributed by atoms with Gasteiger partial charge >= 0.3 is 12.5 Å². The first-order chi connectivity index (χ1) is 2.41. The molecule has 0 bridgehead atoms. The molecule has 0 aliphatic rings. The molecule has 35 valence electrons. The summed E-state index contributed by atoms with van der Waals surface area (Å²) < 4.78 is 3.44. The van der Waals surface area contributed by atoms with Gasteiger partial charge in [0.2, 0.25) is 0 Å². The van der Waals surface area contributed by atoms with Crippen molar-refractivity contribution in [3.8, 4) is 12.5 Å². The zero-order chi connectivity index (χ0) is 4.12. The predicted octanol–water partition coefficient (Wildman–Crippen LogP) is -0.0373.